The van der Waals surface area contributed by atoms with Crippen molar-refractivity contribution < 1.29 is 0 Å². The first kappa shape index (κ1) is 15.2. The summed E-state index contributed by atoms with van der Waals surface area (Å²) in [5.74, 6) is 0. The summed E-state index contributed by atoms with van der Waals surface area (Å²) >= 11 is 5.36. The predicted molar refractivity (Wildman–Crippen MR) is 79.0 cm³/mol. The van der Waals surface area contributed by atoms with Crippen LogP contribution in [0.25, 0.3) is 6.08 Å². The first-order chi connectivity index (χ1) is 8.43. The lowest BCUT2D eigenvalue weighted by Gasteiger charge is -1.86. The molecule has 0 heterocycles. The van der Waals surface area contributed by atoms with Gasteiger partial charge >= 0.3 is 0 Å². The van der Waals surface area contributed by atoms with E-state index in [0.29, 0.717) is 0 Å². The lowest BCUT2D eigenvalue weighted by molar-refractivity contribution is 1.66. The summed E-state index contributed by atoms with van der Waals surface area (Å²) in [6, 6.07) is 21.9. The molecule has 0 aliphatic heterocycles. The van der Waals surface area contributed by atoms with Crippen molar-refractivity contribution in [2.45, 2.75) is 0 Å². The Bertz CT molecular complexity index is 352. The van der Waals surface area contributed by atoms with Gasteiger partial charge in [0, 0.05) is 5.54 Å². The van der Waals surface area contributed by atoms with Crippen LogP contribution in [0.15, 0.2) is 85.4 Å². The SMILES string of the molecule is C=C.ClC=Cc1ccccc1.c1ccccc1. The van der Waals surface area contributed by atoms with Gasteiger partial charge in [-0.15, -0.1) is 13.2 Å². The van der Waals surface area contributed by atoms with Crippen LogP contribution < -0.4 is 0 Å². The highest BCUT2D eigenvalue weighted by molar-refractivity contribution is 6.27. The summed E-state index contributed by atoms with van der Waals surface area (Å²) in [4.78, 5) is 0. The summed E-state index contributed by atoms with van der Waals surface area (Å²) in [5, 5.41) is 0. The van der Waals surface area contributed by atoms with E-state index in [4.69, 9.17) is 11.6 Å². The minimum absolute atomic E-state index is 1.13. The van der Waals surface area contributed by atoms with E-state index < -0.39 is 0 Å². The summed E-state index contributed by atoms with van der Waals surface area (Å²) in [5.41, 5.74) is 2.64. The van der Waals surface area contributed by atoms with Crippen molar-refractivity contribution in [1.29, 1.82) is 0 Å². The van der Waals surface area contributed by atoms with Crippen molar-refractivity contribution in [1.82, 2.24) is 0 Å². The van der Waals surface area contributed by atoms with E-state index in [-0.39, 0.29) is 0 Å². The van der Waals surface area contributed by atoms with Gasteiger partial charge in [0.25, 0.3) is 0 Å². The molecule has 2 aromatic carbocycles. The second-order valence-electron chi connectivity index (χ2n) is 2.86. The van der Waals surface area contributed by atoms with Crippen molar-refractivity contribution in [2.75, 3.05) is 0 Å². The summed E-state index contributed by atoms with van der Waals surface area (Å²) in [7, 11) is 0. The van der Waals surface area contributed by atoms with E-state index in [0.717, 1.165) is 5.56 Å². The van der Waals surface area contributed by atoms with Crippen LogP contribution in [0, 0.1) is 0 Å². The monoisotopic (exact) mass is 244 g/mol. The fraction of sp³-hybridized carbons (Fsp3) is 0. The van der Waals surface area contributed by atoms with Gasteiger partial charge in [0.15, 0.2) is 0 Å². The molecular formula is C16H17Cl. The maximum atomic E-state index is 5.36. The van der Waals surface area contributed by atoms with Gasteiger partial charge in [-0.1, -0.05) is 78.3 Å². The maximum absolute atomic E-state index is 5.36. The van der Waals surface area contributed by atoms with E-state index in [1.165, 1.54) is 5.54 Å². The number of rotatable bonds is 1. The van der Waals surface area contributed by atoms with Gasteiger partial charge in [-0.05, 0) is 11.6 Å². The highest BCUT2D eigenvalue weighted by Crippen LogP contribution is 2.00. The first-order valence-corrected chi connectivity index (χ1v) is 5.69. The highest BCUT2D eigenvalue weighted by Gasteiger charge is 1.78. The average molecular weight is 245 g/mol. The normalized spacial score (nSPS) is 8.53. The largest absolute Gasteiger partial charge is 0.106 e. The lowest BCUT2D eigenvalue weighted by atomic mass is 10.2. The zero-order valence-corrected chi connectivity index (χ0v) is 10.6. The molecule has 0 aliphatic rings. The van der Waals surface area contributed by atoms with Crippen LogP contribution in [-0.2, 0) is 0 Å². The van der Waals surface area contributed by atoms with Gasteiger partial charge in [-0.2, -0.15) is 0 Å². The fourth-order valence-corrected chi connectivity index (χ4v) is 1.17. The van der Waals surface area contributed by atoms with Crippen molar-refractivity contribution in [2.24, 2.45) is 0 Å². The van der Waals surface area contributed by atoms with Crippen LogP contribution in [0.3, 0.4) is 0 Å². The second kappa shape index (κ2) is 12.3. The number of halogens is 1. The molecule has 0 aliphatic carbocycles. The molecule has 0 aromatic heterocycles. The lowest BCUT2D eigenvalue weighted by Crippen LogP contribution is -1.64. The highest BCUT2D eigenvalue weighted by atomic mass is 35.5. The van der Waals surface area contributed by atoms with Crippen LogP contribution >= 0.6 is 11.6 Å². The zero-order chi connectivity index (χ0) is 12.8. The Labute approximate surface area is 109 Å². The number of hydrogen-bond acceptors (Lipinski definition) is 0. The Morgan fingerprint density at radius 3 is 1.41 bits per heavy atom. The Kier molecular flexibility index (Phi) is 11.0. The van der Waals surface area contributed by atoms with E-state index in [2.05, 4.69) is 13.2 Å². The van der Waals surface area contributed by atoms with Crippen LogP contribution in [0.1, 0.15) is 5.56 Å². The summed E-state index contributed by atoms with van der Waals surface area (Å²) in [6.45, 7) is 6.00. The molecule has 0 amide bonds. The molecule has 0 unspecified atom stereocenters. The Hall–Kier alpha value is -1.79. The van der Waals surface area contributed by atoms with Gasteiger partial charge < -0.3 is 0 Å². The van der Waals surface area contributed by atoms with E-state index in [9.17, 15) is 0 Å². The average Bonchev–Trinajstić information content (AvgIpc) is 2.45. The van der Waals surface area contributed by atoms with Crippen LogP contribution in [0.2, 0.25) is 0 Å². The summed E-state index contributed by atoms with van der Waals surface area (Å²) < 4.78 is 0. The number of benzene rings is 2. The topological polar surface area (TPSA) is 0 Å². The van der Waals surface area contributed by atoms with E-state index >= 15 is 0 Å². The molecule has 2 rings (SSSR count). The third-order valence-corrected chi connectivity index (χ3v) is 1.85. The molecule has 0 spiro atoms. The van der Waals surface area contributed by atoms with E-state index in [1.54, 1.807) is 0 Å². The third kappa shape index (κ3) is 9.16. The van der Waals surface area contributed by atoms with Crippen molar-refractivity contribution in [3.05, 3.63) is 91.0 Å². The van der Waals surface area contributed by atoms with E-state index in [1.807, 2.05) is 72.8 Å². The van der Waals surface area contributed by atoms with Gasteiger partial charge in [0.05, 0.1) is 0 Å². The second-order valence-corrected chi connectivity index (χ2v) is 3.11. The number of hydrogen-bond donors (Lipinski definition) is 0. The Balaban J connectivity index is 0.000000278. The molecule has 17 heavy (non-hydrogen) atoms. The molecule has 88 valence electrons. The first-order valence-electron chi connectivity index (χ1n) is 5.25. The molecule has 0 nitrogen and oxygen atoms in total. The maximum Gasteiger partial charge on any atom is 0.00484 e. The molecule has 0 radical (unpaired) electrons. The van der Waals surface area contributed by atoms with Crippen molar-refractivity contribution in [3.8, 4) is 0 Å². The molecule has 1 heteroatoms. The smallest absolute Gasteiger partial charge is 0.00484 e. The molecule has 0 fully saturated rings. The van der Waals surface area contributed by atoms with Crippen molar-refractivity contribution in [3.63, 3.8) is 0 Å². The van der Waals surface area contributed by atoms with Crippen LogP contribution in [0.4, 0.5) is 0 Å². The molecule has 0 N–H and O–H groups in total. The van der Waals surface area contributed by atoms with Crippen LogP contribution in [-0.4, -0.2) is 0 Å². The van der Waals surface area contributed by atoms with Gasteiger partial charge in [0.2, 0.25) is 0 Å². The molecule has 0 saturated carbocycles. The fourth-order valence-electron chi connectivity index (χ4n) is 1.02. The Morgan fingerprint density at radius 2 is 1.06 bits per heavy atom. The predicted octanol–water partition coefficient (Wildman–Crippen LogP) is 5.38. The molecule has 0 atom stereocenters. The van der Waals surface area contributed by atoms with Gasteiger partial charge in [-0.25, -0.2) is 0 Å². The van der Waals surface area contributed by atoms with Crippen molar-refractivity contribution >= 4 is 17.7 Å². The minimum Gasteiger partial charge on any atom is -0.106 e. The standard InChI is InChI=1S/C8H7Cl.C6H6.C2H4/c9-7-6-8-4-2-1-3-5-8;1-2-4-6-5-3-1;1-2/h1-7H;1-6H;1-2H2. The molecule has 0 saturated heterocycles. The third-order valence-electron chi connectivity index (χ3n) is 1.72. The molecular weight excluding hydrogens is 228 g/mol. The van der Waals surface area contributed by atoms with Crippen LogP contribution in [0.5, 0.6) is 0 Å². The quantitative estimate of drug-likeness (QED) is 0.591. The minimum atomic E-state index is 1.13. The summed E-state index contributed by atoms with van der Waals surface area (Å²) in [6.07, 6.45) is 1.85. The molecule has 2 aromatic rings. The van der Waals surface area contributed by atoms with Gasteiger partial charge in [0.1, 0.15) is 0 Å². The van der Waals surface area contributed by atoms with Gasteiger partial charge in [-0.3, -0.25) is 0 Å². The zero-order valence-electron chi connectivity index (χ0n) is 9.80. The Morgan fingerprint density at radius 1 is 0.706 bits per heavy atom. The molecule has 0 bridgehead atoms.